The van der Waals surface area contributed by atoms with Gasteiger partial charge in [0.2, 0.25) is 0 Å². The number of hydrogen-bond acceptors (Lipinski definition) is 4. The fourth-order valence-corrected chi connectivity index (χ4v) is 2.75. The maximum absolute atomic E-state index is 13.5. The highest BCUT2D eigenvalue weighted by Crippen LogP contribution is 2.54. The Bertz CT molecular complexity index is 516. The lowest BCUT2D eigenvalue weighted by Crippen LogP contribution is -2.60. The van der Waals surface area contributed by atoms with Crippen molar-refractivity contribution in [1.82, 2.24) is 0 Å². The Labute approximate surface area is 116 Å². The number of halogens is 1. The highest BCUT2D eigenvalue weighted by Gasteiger charge is 2.62. The number of aliphatic carboxylic acids is 1. The van der Waals surface area contributed by atoms with Gasteiger partial charge in [-0.25, -0.2) is 4.39 Å². The van der Waals surface area contributed by atoms with Gasteiger partial charge in [0.15, 0.2) is 5.79 Å². The summed E-state index contributed by atoms with van der Waals surface area (Å²) in [5.74, 6) is -2.16. The zero-order valence-corrected chi connectivity index (χ0v) is 11.6. The lowest BCUT2D eigenvalue weighted by Gasteiger charge is -2.51. The van der Waals surface area contributed by atoms with Gasteiger partial charge in [0.1, 0.15) is 17.0 Å². The molecule has 0 spiro atoms. The van der Waals surface area contributed by atoms with Crippen LogP contribution in [0.2, 0.25) is 0 Å². The van der Waals surface area contributed by atoms with E-state index in [1.165, 1.54) is 39.5 Å². The first-order valence-electron chi connectivity index (χ1n) is 6.11. The molecule has 1 fully saturated rings. The van der Waals surface area contributed by atoms with Crippen LogP contribution in [0.1, 0.15) is 18.4 Å². The maximum atomic E-state index is 13.5. The molecule has 0 aliphatic heterocycles. The molecule has 0 heterocycles. The van der Waals surface area contributed by atoms with E-state index >= 15 is 0 Å². The molecule has 0 amide bonds. The van der Waals surface area contributed by atoms with Gasteiger partial charge < -0.3 is 19.3 Å². The molecule has 0 saturated heterocycles. The lowest BCUT2D eigenvalue weighted by atomic mass is 9.60. The molecule has 2 rings (SSSR count). The van der Waals surface area contributed by atoms with Crippen molar-refractivity contribution in [3.8, 4) is 5.75 Å². The predicted octanol–water partition coefficient (Wildman–Crippen LogP) is 1.94. The average molecular weight is 284 g/mol. The van der Waals surface area contributed by atoms with Crippen molar-refractivity contribution in [2.45, 2.75) is 24.0 Å². The van der Waals surface area contributed by atoms with Gasteiger partial charge in [0.25, 0.3) is 0 Å². The molecule has 0 unspecified atom stereocenters. The summed E-state index contributed by atoms with van der Waals surface area (Å²) in [7, 11) is 4.33. The summed E-state index contributed by atoms with van der Waals surface area (Å²) in [6.45, 7) is 0. The van der Waals surface area contributed by atoms with E-state index in [0.717, 1.165) is 0 Å². The van der Waals surface area contributed by atoms with Gasteiger partial charge in [0, 0.05) is 32.6 Å². The minimum Gasteiger partial charge on any atom is -0.496 e. The van der Waals surface area contributed by atoms with E-state index in [4.69, 9.17) is 14.2 Å². The molecular weight excluding hydrogens is 267 g/mol. The zero-order valence-electron chi connectivity index (χ0n) is 11.6. The van der Waals surface area contributed by atoms with Crippen LogP contribution in [0.3, 0.4) is 0 Å². The van der Waals surface area contributed by atoms with Crippen LogP contribution in [0, 0.1) is 5.82 Å². The van der Waals surface area contributed by atoms with Crippen molar-refractivity contribution in [2.24, 2.45) is 0 Å². The molecule has 6 heteroatoms. The summed E-state index contributed by atoms with van der Waals surface area (Å²) in [6.07, 6.45) is 0.199. The molecule has 1 N–H and O–H groups in total. The van der Waals surface area contributed by atoms with Gasteiger partial charge >= 0.3 is 5.97 Å². The third-order valence-electron chi connectivity index (χ3n) is 3.97. The van der Waals surface area contributed by atoms with E-state index in [2.05, 4.69) is 0 Å². The van der Waals surface area contributed by atoms with Crippen molar-refractivity contribution >= 4 is 5.97 Å². The van der Waals surface area contributed by atoms with Crippen molar-refractivity contribution in [2.75, 3.05) is 21.3 Å². The summed E-state index contributed by atoms with van der Waals surface area (Å²) >= 11 is 0. The third kappa shape index (κ3) is 2.05. The number of methoxy groups -OCH3 is 3. The summed E-state index contributed by atoms with van der Waals surface area (Å²) in [6, 6.07) is 3.85. The molecule has 1 aromatic carbocycles. The Morgan fingerprint density at radius 3 is 2.30 bits per heavy atom. The number of carbonyl (C=O) groups is 1. The van der Waals surface area contributed by atoms with Crippen LogP contribution in [-0.2, 0) is 19.7 Å². The topological polar surface area (TPSA) is 65.0 Å². The maximum Gasteiger partial charge on any atom is 0.314 e. The SMILES string of the molecule is COc1ccc(F)cc1C1(C(=O)O)CC(OC)(OC)C1. The monoisotopic (exact) mass is 284 g/mol. The molecule has 0 radical (unpaired) electrons. The summed E-state index contributed by atoms with van der Waals surface area (Å²) in [5.41, 5.74) is -0.961. The summed E-state index contributed by atoms with van der Waals surface area (Å²) in [4.78, 5) is 11.7. The summed E-state index contributed by atoms with van der Waals surface area (Å²) < 4.78 is 29.1. The van der Waals surface area contributed by atoms with Gasteiger partial charge in [-0.05, 0) is 18.2 Å². The molecule has 20 heavy (non-hydrogen) atoms. The minimum atomic E-state index is -1.26. The van der Waals surface area contributed by atoms with Crippen LogP contribution in [0.15, 0.2) is 18.2 Å². The Morgan fingerprint density at radius 2 is 1.85 bits per heavy atom. The number of carboxylic acids is 1. The lowest BCUT2D eigenvalue weighted by molar-refractivity contribution is -0.277. The number of benzene rings is 1. The van der Waals surface area contributed by atoms with E-state index in [1.54, 1.807) is 0 Å². The molecule has 0 bridgehead atoms. The second kappa shape index (κ2) is 5.03. The first-order valence-corrected chi connectivity index (χ1v) is 6.11. The third-order valence-corrected chi connectivity index (χ3v) is 3.97. The van der Waals surface area contributed by atoms with Gasteiger partial charge in [0.05, 0.1) is 7.11 Å². The van der Waals surface area contributed by atoms with E-state index < -0.39 is 23.0 Å². The van der Waals surface area contributed by atoms with E-state index in [1.807, 2.05) is 0 Å². The number of ether oxygens (including phenoxy) is 3. The van der Waals surface area contributed by atoms with Crippen molar-refractivity contribution in [1.29, 1.82) is 0 Å². The number of carboxylic acid groups (broad SMARTS) is 1. The van der Waals surface area contributed by atoms with Crippen LogP contribution in [-0.4, -0.2) is 38.2 Å². The van der Waals surface area contributed by atoms with Crippen molar-refractivity contribution in [3.63, 3.8) is 0 Å². The molecule has 5 nitrogen and oxygen atoms in total. The fraction of sp³-hybridized carbons (Fsp3) is 0.500. The van der Waals surface area contributed by atoms with E-state index in [9.17, 15) is 14.3 Å². The van der Waals surface area contributed by atoms with Crippen LogP contribution in [0.25, 0.3) is 0 Å². The molecule has 1 saturated carbocycles. The molecular formula is C14H17FO5. The Balaban J connectivity index is 2.47. The number of hydrogen-bond donors (Lipinski definition) is 1. The molecule has 1 aliphatic rings. The highest BCUT2D eigenvalue weighted by molar-refractivity contribution is 5.84. The van der Waals surface area contributed by atoms with Gasteiger partial charge in [-0.2, -0.15) is 0 Å². The van der Waals surface area contributed by atoms with Gasteiger partial charge in [-0.3, -0.25) is 4.79 Å². The molecule has 1 aliphatic carbocycles. The van der Waals surface area contributed by atoms with Gasteiger partial charge in [-0.1, -0.05) is 0 Å². The van der Waals surface area contributed by atoms with Gasteiger partial charge in [-0.15, -0.1) is 0 Å². The molecule has 110 valence electrons. The molecule has 0 atom stereocenters. The summed E-state index contributed by atoms with van der Waals surface area (Å²) in [5, 5.41) is 9.58. The highest BCUT2D eigenvalue weighted by atomic mass is 19.1. The van der Waals surface area contributed by atoms with Crippen LogP contribution in [0.5, 0.6) is 5.75 Å². The zero-order chi connectivity index (χ0) is 15.0. The van der Waals surface area contributed by atoms with Crippen molar-refractivity contribution in [3.05, 3.63) is 29.6 Å². The first kappa shape index (κ1) is 14.7. The smallest absolute Gasteiger partial charge is 0.314 e. The normalized spacial score (nSPS) is 19.2. The Hall–Kier alpha value is -1.66. The standard InChI is InChI=1S/C14H17FO5/c1-18-11-5-4-9(15)6-10(11)13(12(16)17)7-14(8-13,19-2)20-3/h4-6H,7-8H2,1-3H3,(H,16,17). The Morgan fingerprint density at radius 1 is 1.25 bits per heavy atom. The average Bonchev–Trinajstić information content (AvgIpc) is 2.39. The minimum absolute atomic E-state index is 0.0994. The second-order valence-electron chi connectivity index (χ2n) is 4.90. The quantitative estimate of drug-likeness (QED) is 0.837. The van der Waals surface area contributed by atoms with Crippen molar-refractivity contribution < 1.29 is 28.5 Å². The Kier molecular flexibility index (Phi) is 3.71. The molecule has 0 aromatic heterocycles. The van der Waals surface area contributed by atoms with Crippen LogP contribution in [0.4, 0.5) is 4.39 Å². The molecule has 1 aromatic rings. The van der Waals surface area contributed by atoms with Crippen LogP contribution < -0.4 is 4.74 Å². The largest absolute Gasteiger partial charge is 0.496 e. The number of rotatable bonds is 5. The van der Waals surface area contributed by atoms with Crippen LogP contribution >= 0.6 is 0 Å². The predicted molar refractivity (Wildman–Crippen MR) is 68.2 cm³/mol. The van der Waals surface area contributed by atoms with E-state index in [-0.39, 0.29) is 12.8 Å². The van der Waals surface area contributed by atoms with E-state index in [0.29, 0.717) is 11.3 Å². The second-order valence-corrected chi connectivity index (χ2v) is 4.90. The fourth-order valence-electron chi connectivity index (χ4n) is 2.75. The first-order chi connectivity index (χ1) is 9.43.